The van der Waals surface area contributed by atoms with Gasteiger partial charge in [-0.2, -0.15) is 8.42 Å². The van der Waals surface area contributed by atoms with Crippen LogP contribution < -0.4 is 5.32 Å². The van der Waals surface area contributed by atoms with Crippen LogP contribution in [0, 0.1) is 0 Å². The minimum absolute atomic E-state index is 0.0289. The Morgan fingerprint density at radius 2 is 1.95 bits per heavy atom. The summed E-state index contributed by atoms with van der Waals surface area (Å²) < 4.78 is 35.4. The van der Waals surface area contributed by atoms with Crippen LogP contribution in [-0.4, -0.2) is 44.2 Å². The van der Waals surface area contributed by atoms with Crippen molar-refractivity contribution in [3.8, 4) is 0 Å². The molecule has 0 heterocycles. The van der Waals surface area contributed by atoms with Crippen LogP contribution in [0.3, 0.4) is 0 Å². The molecule has 0 aromatic rings. The van der Waals surface area contributed by atoms with Crippen molar-refractivity contribution < 1.29 is 26.7 Å². The third-order valence-electron chi connectivity index (χ3n) is 1.44. The van der Waals surface area contributed by atoms with Gasteiger partial charge < -0.3 is 10.1 Å². The average Bonchev–Trinajstić information content (AvgIpc) is 2.22. The Labute approximate surface area is 114 Å². The van der Waals surface area contributed by atoms with Gasteiger partial charge in [-0.3, -0.25) is 4.55 Å². The van der Waals surface area contributed by atoms with Gasteiger partial charge in [0.2, 0.25) is 0 Å². The van der Waals surface area contributed by atoms with Crippen molar-refractivity contribution in [3.05, 3.63) is 12.7 Å². The molecule has 0 aromatic carbocycles. The first kappa shape index (κ1) is 20.4. The number of rotatable bonds is 6. The van der Waals surface area contributed by atoms with Crippen LogP contribution in [-0.2, 0) is 24.1 Å². The van der Waals surface area contributed by atoms with Gasteiger partial charge in [0, 0.05) is 18.2 Å². The Hall–Kier alpha value is -0.960. The Morgan fingerprint density at radius 1 is 1.42 bits per heavy atom. The third kappa shape index (κ3) is 22.7. The Balaban J connectivity index is 0. The van der Waals surface area contributed by atoms with E-state index >= 15 is 0 Å². The van der Waals surface area contributed by atoms with E-state index in [2.05, 4.69) is 36.9 Å². The summed E-state index contributed by atoms with van der Waals surface area (Å²) in [6.07, 6.45) is 1.16. The lowest BCUT2D eigenvalue weighted by molar-refractivity contribution is -0.137. The summed E-state index contributed by atoms with van der Waals surface area (Å²) in [4.78, 5) is 10.6. The van der Waals surface area contributed by atoms with Gasteiger partial charge in [0.05, 0.1) is 6.61 Å². The topological polar surface area (TPSA) is 102 Å². The van der Waals surface area contributed by atoms with Crippen LogP contribution in [0.2, 0.25) is 0 Å². The minimum atomic E-state index is -4.17. The van der Waals surface area contributed by atoms with E-state index in [0.29, 0.717) is 13.2 Å². The van der Waals surface area contributed by atoms with Gasteiger partial charge in [0.15, 0.2) is 0 Å². The van der Waals surface area contributed by atoms with Crippen LogP contribution in [0.1, 0.15) is 27.7 Å². The van der Waals surface area contributed by atoms with Gasteiger partial charge in [-0.1, -0.05) is 6.58 Å². The van der Waals surface area contributed by atoms with E-state index in [-0.39, 0.29) is 18.1 Å². The van der Waals surface area contributed by atoms with Gasteiger partial charge >= 0.3 is 16.4 Å². The number of hydrogen-bond donors (Lipinski definition) is 2. The molecule has 0 radical (unpaired) electrons. The van der Waals surface area contributed by atoms with Gasteiger partial charge in [-0.25, -0.2) is 8.98 Å². The van der Waals surface area contributed by atoms with Crippen molar-refractivity contribution >= 4 is 16.4 Å². The number of hydrogen-bond acceptors (Lipinski definition) is 6. The highest BCUT2D eigenvalue weighted by molar-refractivity contribution is 7.80. The highest BCUT2D eigenvalue weighted by Gasteiger charge is 2.07. The predicted octanol–water partition coefficient (Wildman–Crippen LogP) is 0.929. The summed E-state index contributed by atoms with van der Waals surface area (Å²) in [5.74, 6) is -0.370. The highest BCUT2D eigenvalue weighted by atomic mass is 32.3. The molecule has 0 fully saturated rings. The summed E-state index contributed by atoms with van der Waals surface area (Å²) in [7, 11) is -4.17. The lowest BCUT2D eigenvalue weighted by Crippen LogP contribution is -2.38. The molecule has 0 saturated carbocycles. The van der Waals surface area contributed by atoms with E-state index in [9.17, 15) is 13.2 Å². The van der Waals surface area contributed by atoms with Crippen LogP contribution in [0.4, 0.5) is 0 Å². The lowest BCUT2D eigenvalue weighted by Gasteiger charge is -2.19. The van der Waals surface area contributed by atoms with Crippen LogP contribution in [0.15, 0.2) is 12.7 Å². The predicted molar refractivity (Wildman–Crippen MR) is 72.1 cm³/mol. The molecule has 114 valence electrons. The Kier molecular flexibility index (Phi) is 10.6. The fourth-order valence-electron chi connectivity index (χ4n) is 0.786. The second-order valence-electron chi connectivity index (χ2n) is 4.38. The van der Waals surface area contributed by atoms with Crippen molar-refractivity contribution in [3.63, 3.8) is 0 Å². The molecule has 19 heavy (non-hydrogen) atoms. The van der Waals surface area contributed by atoms with Gasteiger partial charge in [-0.15, -0.1) is 0 Å². The molecule has 0 aromatic heterocycles. The smallest absolute Gasteiger partial charge is 0.397 e. The van der Waals surface area contributed by atoms with Gasteiger partial charge in [-0.05, 0) is 27.7 Å². The minimum Gasteiger partial charge on any atom is -0.461 e. The third-order valence-corrected chi connectivity index (χ3v) is 1.97. The molecular weight excluding hydrogens is 274 g/mol. The molecule has 2 N–H and O–H groups in total. The standard InChI is InChI=1S/C9H17NO2.C2H6O4S/c1-5-8(11)12-7-6-10-9(2,3)4;1-2-6-7(3,4)5/h5,10H,1,6-7H2,2-4H3;2H2,1H3,(H,3,4,5). The Bertz CT molecular complexity index is 358. The highest BCUT2D eigenvalue weighted by Crippen LogP contribution is 1.96. The summed E-state index contributed by atoms with van der Waals surface area (Å²) in [6, 6.07) is 0. The molecule has 0 unspecified atom stereocenters. The molecule has 0 atom stereocenters. The fourth-order valence-corrected chi connectivity index (χ4v) is 1.08. The zero-order valence-electron chi connectivity index (χ0n) is 11.8. The molecule has 8 heteroatoms. The molecule has 7 nitrogen and oxygen atoms in total. The lowest BCUT2D eigenvalue weighted by atomic mass is 10.1. The molecule has 0 bridgehead atoms. The van der Waals surface area contributed by atoms with Crippen molar-refractivity contribution in [1.82, 2.24) is 5.32 Å². The normalized spacial score (nSPS) is 11.2. The molecule has 0 aliphatic rings. The fraction of sp³-hybridized carbons (Fsp3) is 0.727. The van der Waals surface area contributed by atoms with Crippen LogP contribution in [0.5, 0.6) is 0 Å². The summed E-state index contributed by atoms with van der Waals surface area (Å²) in [5, 5.41) is 3.19. The van der Waals surface area contributed by atoms with Crippen molar-refractivity contribution in [2.75, 3.05) is 19.8 Å². The summed E-state index contributed by atoms with van der Waals surface area (Å²) in [5.41, 5.74) is 0.0700. The zero-order valence-corrected chi connectivity index (χ0v) is 12.6. The van der Waals surface area contributed by atoms with E-state index in [0.717, 1.165) is 6.08 Å². The second-order valence-corrected chi connectivity index (χ2v) is 5.47. The molecule has 0 rings (SSSR count). The summed E-state index contributed by atoms with van der Waals surface area (Å²) >= 11 is 0. The van der Waals surface area contributed by atoms with Crippen LogP contribution >= 0.6 is 0 Å². The molecule has 0 amide bonds. The largest absolute Gasteiger partial charge is 0.461 e. The molecular formula is C11H23NO6S. The first-order valence-electron chi connectivity index (χ1n) is 5.68. The SMILES string of the molecule is C=CC(=O)OCCNC(C)(C)C.CCOS(=O)(=O)O. The number of esters is 1. The van der Waals surface area contributed by atoms with E-state index in [1.807, 2.05) is 0 Å². The average molecular weight is 297 g/mol. The Morgan fingerprint density at radius 3 is 2.21 bits per heavy atom. The first-order chi connectivity index (χ1) is 8.52. The van der Waals surface area contributed by atoms with Crippen molar-refractivity contribution in [2.45, 2.75) is 33.2 Å². The maximum atomic E-state index is 10.6. The van der Waals surface area contributed by atoms with E-state index in [1.165, 1.54) is 6.92 Å². The van der Waals surface area contributed by atoms with E-state index < -0.39 is 10.4 Å². The number of carbonyl (C=O) groups is 1. The van der Waals surface area contributed by atoms with Crippen LogP contribution in [0.25, 0.3) is 0 Å². The number of carbonyl (C=O) groups excluding carboxylic acids is 1. The van der Waals surface area contributed by atoms with E-state index in [4.69, 9.17) is 9.29 Å². The first-order valence-corrected chi connectivity index (χ1v) is 7.04. The number of nitrogens with one attached hydrogen (secondary N) is 1. The molecule has 0 aliphatic carbocycles. The van der Waals surface area contributed by atoms with E-state index in [1.54, 1.807) is 0 Å². The monoisotopic (exact) mass is 297 g/mol. The number of ether oxygens (including phenoxy) is 1. The maximum Gasteiger partial charge on any atom is 0.397 e. The van der Waals surface area contributed by atoms with Crippen molar-refractivity contribution in [2.24, 2.45) is 0 Å². The zero-order chi connectivity index (χ0) is 15.5. The quantitative estimate of drug-likeness (QED) is 0.325. The van der Waals surface area contributed by atoms with Gasteiger partial charge in [0.25, 0.3) is 0 Å². The second kappa shape index (κ2) is 9.90. The maximum absolute atomic E-state index is 10.6. The molecule has 0 aliphatic heterocycles. The summed E-state index contributed by atoms with van der Waals surface area (Å²) in [6.45, 7) is 12.0. The molecule has 0 spiro atoms. The molecule has 0 saturated heterocycles. The van der Waals surface area contributed by atoms with Gasteiger partial charge in [0.1, 0.15) is 6.61 Å². The van der Waals surface area contributed by atoms with Crippen molar-refractivity contribution in [1.29, 1.82) is 0 Å².